The van der Waals surface area contributed by atoms with Crippen molar-refractivity contribution in [1.29, 1.82) is 0 Å². The van der Waals surface area contributed by atoms with Crippen molar-refractivity contribution in [3.63, 3.8) is 0 Å². The number of nitrogens with one attached hydrogen (secondary N) is 1. The first-order chi connectivity index (χ1) is 9.85. The summed E-state index contributed by atoms with van der Waals surface area (Å²) in [6.45, 7) is 16.9. The molecular weight excluding hydrogens is 258 g/mol. The molecule has 1 heterocycles. The van der Waals surface area contributed by atoms with Crippen LogP contribution in [0.3, 0.4) is 0 Å². The molecule has 2 aliphatic rings. The van der Waals surface area contributed by atoms with Crippen molar-refractivity contribution in [3.8, 4) is 0 Å². The first kappa shape index (κ1) is 17.2. The number of hydrogen-bond donors (Lipinski definition) is 1. The van der Waals surface area contributed by atoms with Crippen molar-refractivity contribution in [1.82, 2.24) is 15.1 Å². The van der Waals surface area contributed by atoms with Gasteiger partial charge < -0.3 is 10.2 Å². The molecular formula is C18H37N3. The fourth-order valence-corrected chi connectivity index (χ4v) is 4.19. The average Bonchev–Trinajstić information content (AvgIpc) is 2.42. The first-order valence-electron chi connectivity index (χ1n) is 8.97. The maximum absolute atomic E-state index is 3.48. The van der Waals surface area contributed by atoms with Gasteiger partial charge in [-0.05, 0) is 52.0 Å². The molecule has 1 saturated carbocycles. The molecule has 0 aromatic heterocycles. The van der Waals surface area contributed by atoms with Crippen LogP contribution in [0.4, 0.5) is 0 Å². The fourth-order valence-electron chi connectivity index (χ4n) is 4.19. The number of piperazine rings is 1. The Morgan fingerprint density at radius 3 is 2.10 bits per heavy atom. The topological polar surface area (TPSA) is 18.5 Å². The van der Waals surface area contributed by atoms with Crippen LogP contribution in [0.15, 0.2) is 0 Å². The molecule has 0 atom stereocenters. The predicted molar refractivity (Wildman–Crippen MR) is 91.8 cm³/mol. The van der Waals surface area contributed by atoms with Crippen LogP contribution in [0, 0.1) is 11.3 Å². The molecule has 1 N–H and O–H groups in total. The molecule has 0 amide bonds. The maximum atomic E-state index is 3.48. The predicted octanol–water partition coefficient (Wildman–Crippen LogP) is 2.82. The number of rotatable bonds is 4. The lowest BCUT2D eigenvalue weighted by Gasteiger charge is -2.47. The normalized spacial score (nSPS) is 33.3. The highest BCUT2D eigenvalue weighted by atomic mass is 15.3. The molecule has 3 heteroatoms. The van der Waals surface area contributed by atoms with Crippen LogP contribution >= 0.6 is 0 Å². The highest BCUT2D eigenvalue weighted by molar-refractivity contribution is 4.91. The van der Waals surface area contributed by atoms with Gasteiger partial charge in [-0.1, -0.05) is 19.8 Å². The Labute approximate surface area is 132 Å². The first-order valence-corrected chi connectivity index (χ1v) is 8.97. The van der Waals surface area contributed by atoms with Gasteiger partial charge in [0.15, 0.2) is 0 Å². The Morgan fingerprint density at radius 1 is 1.05 bits per heavy atom. The average molecular weight is 296 g/mol. The summed E-state index contributed by atoms with van der Waals surface area (Å²) in [6.07, 6.45) is 5.66. The van der Waals surface area contributed by atoms with Crippen molar-refractivity contribution < 1.29 is 0 Å². The lowest BCUT2D eigenvalue weighted by molar-refractivity contribution is 0.0250. The molecule has 0 bridgehead atoms. The van der Waals surface area contributed by atoms with Gasteiger partial charge in [-0.25, -0.2) is 0 Å². The smallest absolute Gasteiger partial charge is 0.0126 e. The molecule has 124 valence electrons. The van der Waals surface area contributed by atoms with E-state index in [4.69, 9.17) is 0 Å². The van der Waals surface area contributed by atoms with Crippen LogP contribution in [0.25, 0.3) is 0 Å². The van der Waals surface area contributed by atoms with Gasteiger partial charge in [0, 0.05) is 44.8 Å². The van der Waals surface area contributed by atoms with Gasteiger partial charge in [-0.15, -0.1) is 0 Å². The molecule has 2 rings (SSSR count). The molecule has 3 nitrogen and oxygen atoms in total. The highest BCUT2D eigenvalue weighted by Gasteiger charge is 2.36. The summed E-state index contributed by atoms with van der Waals surface area (Å²) >= 11 is 0. The highest BCUT2D eigenvalue weighted by Crippen LogP contribution is 2.39. The van der Waals surface area contributed by atoms with Crippen molar-refractivity contribution in [3.05, 3.63) is 0 Å². The van der Waals surface area contributed by atoms with Crippen molar-refractivity contribution in [2.75, 3.05) is 46.3 Å². The van der Waals surface area contributed by atoms with Crippen LogP contribution in [-0.2, 0) is 0 Å². The van der Waals surface area contributed by atoms with E-state index in [1.807, 2.05) is 0 Å². The second-order valence-electron chi connectivity index (χ2n) is 8.65. The van der Waals surface area contributed by atoms with Gasteiger partial charge in [-0.3, -0.25) is 4.90 Å². The van der Waals surface area contributed by atoms with E-state index in [9.17, 15) is 0 Å². The summed E-state index contributed by atoms with van der Waals surface area (Å²) in [7, 11) is 2.12. The van der Waals surface area contributed by atoms with Crippen LogP contribution in [-0.4, -0.2) is 61.7 Å². The summed E-state index contributed by atoms with van der Waals surface area (Å²) < 4.78 is 0. The van der Waals surface area contributed by atoms with E-state index in [1.165, 1.54) is 65.0 Å². The lowest BCUT2D eigenvalue weighted by atomic mass is 9.70. The van der Waals surface area contributed by atoms with Gasteiger partial charge in [0.25, 0.3) is 0 Å². The molecule has 1 aliphatic heterocycles. The van der Waals surface area contributed by atoms with Crippen LogP contribution in [0.1, 0.15) is 53.4 Å². The molecule has 1 saturated heterocycles. The molecule has 0 spiro atoms. The minimum atomic E-state index is 0.328. The standard InChI is InChI=1S/C18H37N3/c1-16-6-8-18(9-7-16,14-19-5)15-20-10-12-21(13-11-20)17(2,3)4/h16,19H,6-15H2,1-5H3. The maximum Gasteiger partial charge on any atom is 0.0126 e. The van der Waals surface area contributed by atoms with Gasteiger partial charge >= 0.3 is 0 Å². The molecule has 2 fully saturated rings. The second kappa shape index (κ2) is 6.97. The largest absolute Gasteiger partial charge is 0.319 e. The molecule has 0 radical (unpaired) electrons. The zero-order valence-corrected chi connectivity index (χ0v) is 15.0. The third-order valence-electron chi connectivity index (χ3n) is 5.77. The Balaban J connectivity index is 1.88. The fraction of sp³-hybridized carbons (Fsp3) is 1.00. The van der Waals surface area contributed by atoms with Crippen molar-refractivity contribution >= 4 is 0 Å². The third kappa shape index (κ3) is 4.67. The van der Waals surface area contributed by atoms with Crippen molar-refractivity contribution in [2.24, 2.45) is 11.3 Å². The summed E-state index contributed by atoms with van der Waals surface area (Å²) in [4.78, 5) is 5.37. The van der Waals surface area contributed by atoms with E-state index in [-0.39, 0.29) is 0 Å². The minimum absolute atomic E-state index is 0.328. The summed E-state index contributed by atoms with van der Waals surface area (Å²) in [5.74, 6) is 0.938. The third-order valence-corrected chi connectivity index (χ3v) is 5.77. The minimum Gasteiger partial charge on any atom is -0.319 e. The van der Waals surface area contributed by atoms with Crippen LogP contribution in [0.5, 0.6) is 0 Å². The van der Waals surface area contributed by atoms with Crippen molar-refractivity contribution in [2.45, 2.75) is 58.9 Å². The van der Waals surface area contributed by atoms with Crippen LogP contribution < -0.4 is 5.32 Å². The molecule has 21 heavy (non-hydrogen) atoms. The Morgan fingerprint density at radius 2 is 1.62 bits per heavy atom. The van der Waals surface area contributed by atoms with Gasteiger partial charge in [-0.2, -0.15) is 0 Å². The Hall–Kier alpha value is -0.120. The summed E-state index contributed by atoms with van der Waals surface area (Å²) in [5.41, 5.74) is 0.861. The Kier molecular flexibility index (Phi) is 5.72. The monoisotopic (exact) mass is 295 g/mol. The quantitative estimate of drug-likeness (QED) is 0.860. The zero-order valence-electron chi connectivity index (χ0n) is 15.0. The van der Waals surface area contributed by atoms with E-state index in [1.54, 1.807) is 0 Å². The SMILES string of the molecule is CNCC1(CN2CCN(C(C)(C)C)CC2)CCC(C)CC1. The number of hydrogen-bond acceptors (Lipinski definition) is 3. The molecule has 0 aromatic carbocycles. The van der Waals surface area contributed by atoms with E-state index in [0.717, 1.165) is 5.92 Å². The van der Waals surface area contributed by atoms with E-state index < -0.39 is 0 Å². The zero-order chi connectivity index (χ0) is 15.5. The molecule has 1 aliphatic carbocycles. The van der Waals surface area contributed by atoms with E-state index >= 15 is 0 Å². The molecule has 0 aromatic rings. The second-order valence-corrected chi connectivity index (χ2v) is 8.65. The van der Waals surface area contributed by atoms with E-state index in [0.29, 0.717) is 11.0 Å². The number of nitrogens with zero attached hydrogens (tertiary/aromatic N) is 2. The van der Waals surface area contributed by atoms with Crippen LogP contribution in [0.2, 0.25) is 0 Å². The van der Waals surface area contributed by atoms with E-state index in [2.05, 4.69) is 49.9 Å². The molecule has 0 unspecified atom stereocenters. The lowest BCUT2D eigenvalue weighted by Crippen LogP contribution is -2.56. The van der Waals surface area contributed by atoms with Gasteiger partial charge in [0.2, 0.25) is 0 Å². The summed E-state index contributed by atoms with van der Waals surface area (Å²) in [6, 6.07) is 0. The summed E-state index contributed by atoms with van der Waals surface area (Å²) in [5, 5.41) is 3.48. The van der Waals surface area contributed by atoms with Gasteiger partial charge in [0.1, 0.15) is 0 Å². The Bertz CT molecular complexity index is 305. The van der Waals surface area contributed by atoms with Gasteiger partial charge in [0.05, 0.1) is 0 Å².